The van der Waals surface area contributed by atoms with E-state index in [-0.39, 0.29) is 12.4 Å². The first-order valence-electron chi connectivity index (χ1n) is 10.8. The van der Waals surface area contributed by atoms with Crippen LogP contribution in [0.5, 0.6) is 5.75 Å². The third-order valence-corrected chi connectivity index (χ3v) is 6.24. The average molecular weight is 377 g/mol. The normalized spacial score (nSPS) is 28.4. The molecule has 0 spiro atoms. The Balaban J connectivity index is 1.45. The number of aliphatic hydroxyl groups is 1. The molecule has 27 heavy (non-hydrogen) atoms. The summed E-state index contributed by atoms with van der Waals surface area (Å²) in [6, 6.07) is 6.33. The van der Waals surface area contributed by atoms with Gasteiger partial charge in [0.25, 0.3) is 0 Å². The second kappa shape index (κ2) is 10.4. The summed E-state index contributed by atoms with van der Waals surface area (Å²) in [6.07, 6.45) is 9.27. The standard InChI is InChI=1S/C23H36O4/c1-3-18-8-6-10-22(25-2)20(18)15-17-14-19(21(24)16-17)9-7-13-27-23-11-4-5-12-26-23/h6,8,10,17,19,21,23-24H,3-5,7,9,11-16H2,1-2H3/t17-,19?,21+,23?/m0/s1. The van der Waals surface area contributed by atoms with Crippen molar-refractivity contribution < 1.29 is 19.3 Å². The van der Waals surface area contributed by atoms with E-state index in [9.17, 15) is 5.11 Å². The Morgan fingerprint density at radius 3 is 2.85 bits per heavy atom. The zero-order valence-electron chi connectivity index (χ0n) is 17.0. The third kappa shape index (κ3) is 5.69. The van der Waals surface area contributed by atoms with Gasteiger partial charge in [-0.25, -0.2) is 0 Å². The molecule has 2 fully saturated rings. The first-order valence-corrected chi connectivity index (χ1v) is 10.8. The number of rotatable bonds is 9. The molecule has 1 aliphatic carbocycles. The van der Waals surface area contributed by atoms with Crippen molar-refractivity contribution in [2.75, 3.05) is 20.3 Å². The Morgan fingerprint density at radius 1 is 1.22 bits per heavy atom. The van der Waals surface area contributed by atoms with E-state index in [0.717, 1.165) is 70.3 Å². The molecular weight excluding hydrogens is 340 g/mol. The highest BCUT2D eigenvalue weighted by molar-refractivity contribution is 5.40. The molecule has 1 aromatic rings. The minimum Gasteiger partial charge on any atom is -0.496 e. The van der Waals surface area contributed by atoms with Crippen LogP contribution in [0.2, 0.25) is 0 Å². The topological polar surface area (TPSA) is 47.9 Å². The summed E-state index contributed by atoms with van der Waals surface area (Å²) < 4.78 is 17.1. The molecule has 2 aliphatic rings. The van der Waals surface area contributed by atoms with E-state index in [1.54, 1.807) is 7.11 Å². The molecule has 1 saturated heterocycles. The lowest BCUT2D eigenvalue weighted by Crippen LogP contribution is -2.23. The van der Waals surface area contributed by atoms with Crippen LogP contribution >= 0.6 is 0 Å². The fourth-order valence-corrected chi connectivity index (χ4v) is 4.75. The van der Waals surface area contributed by atoms with Gasteiger partial charge in [0.05, 0.1) is 13.2 Å². The lowest BCUT2D eigenvalue weighted by atomic mass is 9.91. The molecule has 4 heteroatoms. The van der Waals surface area contributed by atoms with Gasteiger partial charge in [0.2, 0.25) is 0 Å². The Labute approximate surface area is 164 Å². The number of hydrogen-bond acceptors (Lipinski definition) is 4. The lowest BCUT2D eigenvalue weighted by molar-refractivity contribution is -0.163. The van der Waals surface area contributed by atoms with Crippen molar-refractivity contribution in [3.8, 4) is 5.75 Å². The first-order chi connectivity index (χ1) is 13.2. The first kappa shape index (κ1) is 20.6. The molecule has 1 heterocycles. The van der Waals surface area contributed by atoms with Crippen LogP contribution in [-0.4, -0.2) is 37.8 Å². The number of aliphatic hydroxyl groups excluding tert-OH is 1. The van der Waals surface area contributed by atoms with Gasteiger partial charge in [0, 0.05) is 13.2 Å². The average Bonchev–Trinajstić information content (AvgIpc) is 3.05. The van der Waals surface area contributed by atoms with Crippen LogP contribution in [-0.2, 0) is 22.3 Å². The largest absolute Gasteiger partial charge is 0.496 e. The van der Waals surface area contributed by atoms with Gasteiger partial charge in [-0.3, -0.25) is 0 Å². The predicted molar refractivity (Wildman–Crippen MR) is 107 cm³/mol. The summed E-state index contributed by atoms with van der Waals surface area (Å²) in [7, 11) is 1.75. The Bertz CT molecular complexity index is 545. The van der Waals surface area contributed by atoms with Crippen molar-refractivity contribution in [2.24, 2.45) is 11.8 Å². The molecule has 0 bridgehead atoms. The highest BCUT2D eigenvalue weighted by Gasteiger charge is 2.33. The van der Waals surface area contributed by atoms with Crippen molar-refractivity contribution in [3.63, 3.8) is 0 Å². The maximum Gasteiger partial charge on any atom is 0.157 e. The van der Waals surface area contributed by atoms with Crippen LogP contribution in [0, 0.1) is 11.8 Å². The number of benzene rings is 1. The fourth-order valence-electron chi connectivity index (χ4n) is 4.75. The quantitative estimate of drug-likeness (QED) is 0.644. The summed E-state index contributed by atoms with van der Waals surface area (Å²) in [5.41, 5.74) is 2.70. The zero-order valence-corrected chi connectivity index (χ0v) is 17.0. The van der Waals surface area contributed by atoms with Crippen LogP contribution in [0.4, 0.5) is 0 Å². The highest BCUT2D eigenvalue weighted by Crippen LogP contribution is 2.38. The summed E-state index contributed by atoms with van der Waals surface area (Å²) in [4.78, 5) is 0. The molecular formula is C23H36O4. The SMILES string of the molecule is CCc1cccc(OC)c1C[C@@H]1CC(CCCOC2CCCCO2)[C@H](O)C1. The second-order valence-electron chi connectivity index (χ2n) is 8.13. The summed E-state index contributed by atoms with van der Waals surface area (Å²) >= 11 is 0. The van der Waals surface area contributed by atoms with Gasteiger partial charge in [0.15, 0.2) is 6.29 Å². The van der Waals surface area contributed by atoms with Gasteiger partial charge in [-0.2, -0.15) is 0 Å². The minimum atomic E-state index is -0.180. The van der Waals surface area contributed by atoms with Crippen molar-refractivity contribution >= 4 is 0 Å². The predicted octanol–water partition coefficient (Wildman–Crippen LogP) is 4.51. The smallest absolute Gasteiger partial charge is 0.157 e. The maximum atomic E-state index is 10.5. The van der Waals surface area contributed by atoms with E-state index in [2.05, 4.69) is 25.1 Å². The van der Waals surface area contributed by atoms with E-state index in [1.165, 1.54) is 17.5 Å². The van der Waals surface area contributed by atoms with Gasteiger partial charge in [0.1, 0.15) is 5.75 Å². The Morgan fingerprint density at radius 2 is 2.11 bits per heavy atom. The summed E-state index contributed by atoms with van der Waals surface area (Å²) in [5.74, 6) is 1.92. The van der Waals surface area contributed by atoms with Crippen LogP contribution in [0.15, 0.2) is 18.2 Å². The van der Waals surface area contributed by atoms with Crippen molar-refractivity contribution in [1.29, 1.82) is 0 Å². The number of ether oxygens (including phenoxy) is 3. The van der Waals surface area contributed by atoms with Crippen LogP contribution in [0.1, 0.15) is 63.0 Å². The molecule has 0 aromatic heterocycles. The molecule has 1 aromatic carbocycles. The number of aryl methyl sites for hydroxylation is 1. The van der Waals surface area contributed by atoms with Gasteiger partial charge < -0.3 is 19.3 Å². The van der Waals surface area contributed by atoms with Crippen LogP contribution in [0.3, 0.4) is 0 Å². The number of hydrogen-bond donors (Lipinski definition) is 1. The van der Waals surface area contributed by atoms with E-state index in [1.807, 2.05) is 0 Å². The lowest BCUT2D eigenvalue weighted by Gasteiger charge is -2.23. The van der Waals surface area contributed by atoms with E-state index >= 15 is 0 Å². The van der Waals surface area contributed by atoms with Crippen molar-refractivity contribution in [2.45, 2.75) is 77.1 Å². The molecule has 1 aliphatic heterocycles. The van der Waals surface area contributed by atoms with Gasteiger partial charge in [-0.1, -0.05) is 19.1 Å². The molecule has 4 atom stereocenters. The fraction of sp³-hybridized carbons (Fsp3) is 0.739. The minimum absolute atomic E-state index is 0.00184. The van der Waals surface area contributed by atoms with E-state index < -0.39 is 0 Å². The second-order valence-corrected chi connectivity index (χ2v) is 8.13. The molecule has 1 saturated carbocycles. The van der Waals surface area contributed by atoms with Crippen molar-refractivity contribution in [3.05, 3.63) is 29.3 Å². The van der Waals surface area contributed by atoms with Gasteiger partial charge in [-0.05, 0) is 86.8 Å². The number of methoxy groups -OCH3 is 1. The molecule has 2 unspecified atom stereocenters. The highest BCUT2D eigenvalue weighted by atomic mass is 16.7. The van der Waals surface area contributed by atoms with Crippen LogP contribution < -0.4 is 4.74 Å². The molecule has 152 valence electrons. The van der Waals surface area contributed by atoms with Crippen molar-refractivity contribution in [1.82, 2.24) is 0 Å². The molecule has 0 radical (unpaired) electrons. The van der Waals surface area contributed by atoms with E-state index in [4.69, 9.17) is 14.2 Å². The van der Waals surface area contributed by atoms with Crippen LogP contribution in [0.25, 0.3) is 0 Å². The van der Waals surface area contributed by atoms with Gasteiger partial charge >= 0.3 is 0 Å². The molecule has 0 amide bonds. The maximum absolute atomic E-state index is 10.5. The Kier molecular flexibility index (Phi) is 7.98. The van der Waals surface area contributed by atoms with Gasteiger partial charge in [-0.15, -0.1) is 0 Å². The van der Waals surface area contributed by atoms with E-state index in [0.29, 0.717) is 11.8 Å². The zero-order chi connectivity index (χ0) is 19.1. The molecule has 4 nitrogen and oxygen atoms in total. The monoisotopic (exact) mass is 376 g/mol. The molecule has 1 N–H and O–H groups in total. The summed E-state index contributed by atoms with van der Waals surface area (Å²) in [5, 5.41) is 10.5. The molecule has 3 rings (SSSR count). The Hall–Kier alpha value is -1.10. The summed E-state index contributed by atoms with van der Waals surface area (Å²) in [6.45, 7) is 3.77. The third-order valence-electron chi connectivity index (χ3n) is 6.24.